The number of carbonyl (C=O) groups is 1. The Morgan fingerprint density at radius 2 is 2.13 bits per heavy atom. The number of amides is 1. The van der Waals surface area contributed by atoms with E-state index in [0.717, 1.165) is 46.4 Å². The SMILES string of the molecule is COc1ccc2nccc(-n3cc4c(n3)CCC(NC(=O)c3cccnc3Cl)C4)c2c1. The van der Waals surface area contributed by atoms with Crippen LogP contribution in [-0.4, -0.2) is 38.8 Å². The standard InChI is InChI=1S/C23H20ClN5O2/c1-31-16-5-7-20-18(12-16)21(8-10-25-20)29-13-14-11-15(4-6-19(14)28-29)27-23(30)17-3-2-9-26-22(17)24/h2-3,5,7-10,12-13,15H,4,6,11H2,1H3,(H,27,30). The van der Waals surface area contributed by atoms with Crippen molar-refractivity contribution < 1.29 is 9.53 Å². The van der Waals surface area contributed by atoms with Gasteiger partial charge in [0.05, 0.1) is 29.6 Å². The summed E-state index contributed by atoms with van der Waals surface area (Å²) >= 11 is 6.06. The summed E-state index contributed by atoms with van der Waals surface area (Å²) < 4.78 is 7.28. The van der Waals surface area contributed by atoms with Crippen molar-refractivity contribution in [1.29, 1.82) is 0 Å². The number of fused-ring (bicyclic) bond motifs is 2. The molecule has 0 aliphatic heterocycles. The molecule has 0 bridgehead atoms. The number of benzene rings is 1. The summed E-state index contributed by atoms with van der Waals surface area (Å²) in [5.41, 5.74) is 4.40. The highest BCUT2D eigenvalue weighted by molar-refractivity contribution is 6.32. The number of hydrogen-bond acceptors (Lipinski definition) is 5. The van der Waals surface area contributed by atoms with Crippen molar-refractivity contribution in [1.82, 2.24) is 25.1 Å². The minimum Gasteiger partial charge on any atom is -0.497 e. The van der Waals surface area contributed by atoms with E-state index in [1.54, 1.807) is 31.6 Å². The van der Waals surface area contributed by atoms with Crippen LogP contribution in [0.4, 0.5) is 0 Å². The number of halogens is 1. The average molecular weight is 434 g/mol. The number of aryl methyl sites for hydroxylation is 1. The van der Waals surface area contributed by atoms with Crippen LogP contribution in [0.25, 0.3) is 16.6 Å². The molecule has 0 radical (unpaired) electrons. The average Bonchev–Trinajstić information content (AvgIpc) is 3.21. The molecule has 156 valence electrons. The van der Waals surface area contributed by atoms with E-state index in [0.29, 0.717) is 12.0 Å². The number of methoxy groups -OCH3 is 1. The lowest BCUT2D eigenvalue weighted by Crippen LogP contribution is -2.38. The summed E-state index contributed by atoms with van der Waals surface area (Å²) in [6.45, 7) is 0. The number of nitrogens with zero attached hydrogens (tertiary/aromatic N) is 4. The fraction of sp³-hybridized carbons (Fsp3) is 0.217. The van der Waals surface area contributed by atoms with Crippen molar-refractivity contribution in [3.63, 3.8) is 0 Å². The molecular weight excluding hydrogens is 414 g/mol. The van der Waals surface area contributed by atoms with E-state index < -0.39 is 0 Å². The first-order chi connectivity index (χ1) is 15.1. The number of carbonyl (C=O) groups excluding carboxylic acids is 1. The maximum atomic E-state index is 12.6. The molecule has 1 unspecified atom stereocenters. The van der Waals surface area contributed by atoms with E-state index in [1.807, 2.05) is 35.1 Å². The molecule has 0 spiro atoms. The van der Waals surface area contributed by atoms with Crippen LogP contribution in [0.3, 0.4) is 0 Å². The second-order valence-corrected chi connectivity index (χ2v) is 7.87. The first-order valence-electron chi connectivity index (χ1n) is 10.0. The predicted octanol–water partition coefficient (Wildman–Crippen LogP) is 3.76. The first-order valence-corrected chi connectivity index (χ1v) is 10.4. The second-order valence-electron chi connectivity index (χ2n) is 7.51. The van der Waals surface area contributed by atoms with Gasteiger partial charge in [0.25, 0.3) is 5.91 Å². The van der Waals surface area contributed by atoms with Gasteiger partial charge in [0.15, 0.2) is 0 Å². The van der Waals surface area contributed by atoms with Crippen LogP contribution in [0.1, 0.15) is 28.0 Å². The number of aromatic nitrogens is 4. The molecule has 0 fully saturated rings. The van der Waals surface area contributed by atoms with Crippen LogP contribution in [0.2, 0.25) is 5.15 Å². The maximum absolute atomic E-state index is 12.6. The largest absolute Gasteiger partial charge is 0.497 e. The lowest BCUT2D eigenvalue weighted by Gasteiger charge is -2.22. The molecule has 1 N–H and O–H groups in total. The van der Waals surface area contributed by atoms with Crippen molar-refractivity contribution >= 4 is 28.4 Å². The van der Waals surface area contributed by atoms with E-state index in [4.69, 9.17) is 21.4 Å². The van der Waals surface area contributed by atoms with Gasteiger partial charge in [0.1, 0.15) is 10.9 Å². The highest BCUT2D eigenvalue weighted by atomic mass is 35.5. The molecule has 0 saturated heterocycles. The third kappa shape index (κ3) is 3.72. The van der Waals surface area contributed by atoms with E-state index >= 15 is 0 Å². The molecule has 1 aliphatic rings. The van der Waals surface area contributed by atoms with E-state index in [1.165, 1.54) is 0 Å². The van der Waals surface area contributed by atoms with Crippen LogP contribution in [0.15, 0.2) is 55.0 Å². The molecular formula is C23H20ClN5O2. The normalized spacial score (nSPS) is 15.5. The van der Waals surface area contributed by atoms with Gasteiger partial charge >= 0.3 is 0 Å². The molecule has 0 saturated carbocycles. The second kappa shape index (κ2) is 8.00. The monoisotopic (exact) mass is 433 g/mol. The van der Waals surface area contributed by atoms with Gasteiger partial charge in [-0.1, -0.05) is 11.6 Å². The Balaban J connectivity index is 1.40. The van der Waals surface area contributed by atoms with Crippen LogP contribution < -0.4 is 10.1 Å². The lowest BCUT2D eigenvalue weighted by molar-refractivity contribution is 0.0933. The number of rotatable bonds is 4. The Bertz CT molecular complexity index is 1290. The highest BCUT2D eigenvalue weighted by Gasteiger charge is 2.24. The quantitative estimate of drug-likeness (QED) is 0.495. The number of pyridine rings is 2. The van der Waals surface area contributed by atoms with E-state index in [9.17, 15) is 4.79 Å². The Labute approximate surface area is 184 Å². The zero-order valence-electron chi connectivity index (χ0n) is 16.9. The summed E-state index contributed by atoms with van der Waals surface area (Å²) in [7, 11) is 1.65. The van der Waals surface area contributed by atoms with Gasteiger partial charge in [-0.25, -0.2) is 9.67 Å². The minimum absolute atomic E-state index is 0.0169. The Hall–Kier alpha value is -3.45. The zero-order chi connectivity index (χ0) is 21.4. The summed E-state index contributed by atoms with van der Waals surface area (Å²) in [5.74, 6) is 0.571. The van der Waals surface area contributed by atoms with Gasteiger partial charge in [-0.05, 0) is 61.2 Å². The van der Waals surface area contributed by atoms with Gasteiger partial charge in [-0.3, -0.25) is 9.78 Å². The summed E-state index contributed by atoms with van der Waals surface area (Å²) in [5, 5.41) is 9.08. The van der Waals surface area contributed by atoms with Crippen LogP contribution >= 0.6 is 11.6 Å². The molecule has 3 heterocycles. The fourth-order valence-electron chi connectivity index (χ4n) is 4.01. The highest BCUT2D eigenvalue weighted by Crippen LogP contribution is 2.27. The third-order valence-corrected chi connectivity index (χ3v) is 5.89. The van der Waals surface area contributed by atoms with Crippen LogP contribution in [-0.2, 0) is 12.8 Å². The predicted molar refractivity (Wildman–Crippen MR) is 118 cm³/mol. The molecule has 8 heteroatoms. The number of hydrogen-bond donors (Lipinski definition) is 1. The van der Waals surface area contributed by atoms with E-state index in [-0.39, 0.29) is 17.1 Å². The van der Waals surface area contributed by atoms with Crippen molar-refractivity contribution in [3.8, 4) is 11.4 Å². The van der Waals surface area contributed by atoms with Crippen LogP contribution in [0, 0.1) is 0 Å². The fourth-order valence-corrected chi connectivity index (χ4v) is 4.21. The van der Waals surface area contributed by atoms with Crippen molar-refractivity contribution in [3.05, 3.63) is 77.0 Å². The Morgan fingerprint density at radius 3 is 2.97 bits per heavy atom. The van der Waals surface area contributed by atoms with Crippen molar-refractivity contribution in [2.45, 2.75) is 25.3 Å². The van der Waals surface area contributed by atoms with Gasteiger partial charge in [0.2, 0.25) is 0 Å². The minimum atomic E-state index is -0.203. The third-order valence-electron chi connectivity index (χ3n) is 5.58. The topological polar surface area (TPSA) is 81.9 Å². The smallest absolute Gasteiger partial charge is 0.254 e. The van der Waals surface area contributed by atoms with Gasteiger partial charge < -0.3 is 10.1 Å². The first kappa shape index (κ1) is 19.5. The molecule has 1 amide bonds. The molecule has 1 atom stereocenters. The molecule has 7 nitrogen and oxygen atoms in total. The summed E-state index contributed by atoms with van der Waals surface area (Å²) in [6, 6.07) is 11.2. The van der Waals surface area contributed by atoms with Gasteiger partial charge in [-0.2, -0.15) is 5.10 Å². The van der Waals surface area contributed by atoms with Crippen molar-refractivity contribution in [2.75, 3.05) is 7.11 Å². The van der Waals surface area contributed by atoms with Crippen molar-refractivity contribution in [2.24, 2.45) is 0 Å². The van der Waals surface area contributed by atoms with Gasteiger partial charge in [-0.15, -0.1) is 0 Å². The summed E-state index contributed by atoms with van der Waals surface area (Å²) in [4.78, 5) is 21.0. The molecule has 1 aromatic carbocycles. The molecule has 3 aromatic heterocycles. The molecule has 31 heavy (non-hydrogen) atoms. The Morgan fingerprint density at radius 1 is 1.23 bits per heavy atom. The number of ether oxygens (including phenoxy) is 1. The maximum Gasteiger partial charge on any atom is 0.254 e. The molecule has 1 aliphatic carbocycles. The van der Waals surface area contributed by atoms with Gasteiger partial charge in [0, 0.05) is 30.0 Å². The van der Waals surface area contributed by atoms with Crippen LogP contribution in [0.5, 0.6) is 5.75 Å². The molecule has 5 rings (SSSR count). The lowest BCUT2D eigenvalue weighted by atomic mass is 9.93. The Kier molecular flexibility index (Phi) is 5.03. The van der Waals surface area contributed by atoms with E-state index in [2.05, 4.69) is 15.3 Å². The summed E-state index contributed by atoms with van der Waals surface area (Å²) in [6.07, 6.45) is 7.72. The number of nitrogens with one attached hydrogen (secondary N) is 1. The zero-order valence-corrected chi connectivity index (χ0v) is 17.6. The molecule has 4 aromatic rings.